The van der Waals surface area contributed by atoms with Crippen LogP contribution in [0.3, 0.4) is 0 Å². The fourth-order valence-corrected chi connectivity index (χ4v) is 3.97. The van der Waals surface area contributed by atoms with Crippen LogP contribution in [-0.4, -0.2) is 26.3 Å². The molecule has 0 saturated heterocycles. The summed E-state index contributed by atoms with van der Waals surface area (Å²) in [4.78, 5) is 9.57. The van der Waals surface area contributed by atoms with Crippen LogP contribution in [0.15, 0.2) is 84.9 Å². The van der Waals surface area contributed by atoms with Gasteiger partial charge in [0.25, 0.3) is 0 Å². The fraction of sp³-hybridized carbons (Fsp3) is 0.148. The normalized spacial score (nSPS) is 11.1. The number of rotatable bonds is 7. The van der Waals surface area contributed by atoms with Crippen LogP contribution in [0.4, 0.5) is 11.8 Å². The van der Waals surface area contributed by atoms with Crippen molar-refractivity contribution in [3.05, 3.63) is 102 Å². The molecular formula is C27H26N6. The molecule has 0 spiro atoms. The molecular weight excluding hydrogens is 408 g/mol. The minimum Gasteiger partial charge on any atom is -0.383 e. The van der Waals surface area contributed by atoms with Crippen LogP contribution >= 0.6 is 0 Å². The van der Waals surface area contributed by atoms with Crippen molar-refractivity contribution in [3.8, 4) is 11.3 Å². The molecule has 0 amide bonds. The molecule has 0 aliphatic heterocycles. The molecule has 5 aromatic rings. The predicted molar refractivity (Wildman–Crippen MR) is 134 cm³/mol. The molecule has 164 valence electrons. The van der Waals surface area contributed by atoms with Crippen LogP contribution in [0.2, 0.25) is 0 Å². The first-order valence-electron chi connectivity index (χ1n) is 11.1. The molecule has 3 aromatic carbocycles. The van der Waals surface area contributed by atoms with Crippen molar-refractivity contribution in [1.29, 1.82) is 0 Å². The van der Waals surface area contributed by atoms with Gasteiger partial charge in [0.1, 0.15) is 5.82 Å². The van der Waals surface area contributed by atoms with E-state index in [4.69, 9.17) is 20.8 Å². The Morgan fingerprint density at radius 1 is 0.848 bits per heavy atom. The summed E-state index contributed by atoms with van der Waals surface area (Å²) >= 11 is 0. The summed E-state index contributed by atoms with van der Waals surface area (Å²) in [6.07, 6.45) is 0.882. The molecule has 0 fully saturated rings. The van der Waals surface area contributed by atoms with Crippen LogP contribution in [0.5, 0.6) is 0 Å². The molecule has 0 atom stereocenters. The number of nitrogens with zero attached hydrogens (tertiary/aromatic N) is 4. The van der Waals surface area contributed by atoms with Crippen molar-refractivity contribution in [3.63, 3.8) is 0 Å². The summed E-state index contributed by atoms with van der Waals surface area (Å²) in [5, 5.41) is 8.90. The zero-order valence-electron chi connectivity index (χ0n) is 18.6. The highest BCUT2D eigenvalue weighted by Crippen LogP contribution is 2.32. The maximum absolute atomic E-state index is 6.59. The Hall–Kier alpha value is -4.19. The molecule has 6 nitrogen and oxygen atoms in total. The molecule has 0 saturated carbocycles. The van der Waals surface area contributed by atoms with E-state index in [0.29, 0.717) is 24.0 Å². The first kappa shape index (κ1) is 20.7. The van der Waals surface area contributed by atoms with Gasteiger partial charge in [0, 0.05) is 12.1 Å². The van der Waals surface area contributed by atoms with Gasteiger partial charge in [0.05, 0.1) is 17.6 Å². The SMILES string of the molecule is Cc1cccc(-c2nc(NCCc3ccccc3)nc3nn(Cc4ccccc4)c(N)c23)c1. The Balaban J connectivity index is 1.53. The van der Waals surface area contributed by atoms with E-state index in [1.807, 2.05) is 35.0 Å². The molecule has 0 aliphatic carbocycles. The molecule has 0 bridgehead atoms. The van der Waals surface area contributed by atoms with Crippen molar-refractivity contribution < 1.29 is 0 Å². The lowest BCUT2D eigenvalue weighted by atomic mass is 10.1. The van der Waals surface area contributed by atoms with E-state index in [2.05, 4.69) is 66.8 Å². The molecule has 0 radical (unpaired) electrons. The summed E-state index contributed by atoms with van der Waals surface area (Å²) in [7, 11) is 0. The minimum atomic E-state index is 0.555. The van der Waals surface area contributed by atoms with Gasteiger partial charge in [-0.25, -0.2) is 9.67 Å². The number of hydrogen-bond donors (Lipinski definition) is 2. The zero-order chi connectivity index (χ0) is 22.6. The third-order valence-electron chi connectivity index (χ3n) is 5.65. The van der Waals surface area contributed by atoms with Crippen LogP contribution in [-0.2, 0) is 13.0 Å². The zero-order valence-corrected chi connectivity index (χ0v) is 18.6. The molecule has 2 aromatic heterocycles. The van der Waals surface area contributed by atoms with E-state index in [9.17, 15) is 0 Å². The largest absolute Gasteiger partial charge is 0.383 e. The van der Waals surface area contributed by atoms with Gasteiger partial charge in [0.2, 0.25) is 5.95 Å². The summed E-state index contributed by atoms with van der Waals surface area (Å²) in [5.74, 6) is 1.13. The average Bonchev–Trinajstić information content (AvgIpc) is 3.15. The Labute approximate surface area is 193 Å². The van der Waals surface area contributed by atoms with Crippen molar-refractivity contribution in [2.75, 3.05) is 17.6 Å². The van der Waals surface area contributed by atoms with Crippen molar-refractivity contribution in [2.45, 2.75) is 19.9 Å². The summed E-state index contributed by atoms with van der Waals surface area (Å²) in [6, 6.07) is 28.8. The van der Waals surface area contributed by atoms with Gasteiger partial charge in [-0.1, -0.05) is 84.4 Å². The fourth-order valence-electron chi connectivity index (χ4n) is 3.97. The van der Waals surface area contributed by atoms with Gasteiger partial charge in [-0.2, -0.15) is 4.98 Å². The van der Waals surface area contributed by atoms with Crippen LogP contribution in [0, 0.1) is 6.92 Å². The number of nitrogens with one attached hydrogen (secondary N) is 1. The third-order valence-corrected chi connectivity index (χ3v) is 5.65. The second kappa shape index (κ2) is 9.12. The van der Waals surface area contributed by atoms with Crippen LogP contribution in [0.25, 0.3) is 22.3 Å². The Bertz CT molecular complexity index is 1380. The van der Waals surface area contributed by atoms with Crippen LogP contribution in [0.1, 0.15) is 16.7 Å². The Morgan fingerprint density at radius 2 is 1.58 bits per heavy atom. The molecule has 0 aliphatic rings. The van der Waals surface area contributed by atoms with Crippen molar-refractivity contribution in [2.24, 2.45) is 0 Å². The molecule has 3 N–H and O–H groups in total. The summed E-state index contributed by atoms with van der Waals surface area (Å²) in [6.45, 7) is 3.37. The minimum absolute atomic E-state index is 0.555. The maximum Gasteiger partial charge on any atom is 0.225 e. The van der Waals surface area contributed by atoms with E-state index in [1.54, 1.807) is 0 Å². The molecule has 0 unspecified atom stereocenters. The number of fused-ring (bicyclic) bond motifs is 1. The second-order valence-electron chi connectivity index (χ2n) is 8.15. The maximum atomic E-state index is 6.59. The topological polar surface area (TPSA) is 81.7 Å². The molecule has 5 rings (SSSR count). The van der Waals surface area contributed by atoms with Gasteiger partial charge in [-0.05, 0) is 30.5 Å². The lowest BCUT2D eigenvalue weighted by Gasteiger charge is -2.09. The number of anilines is 2. The number of nitrogens with two attached hydrogens (primary N) is 1. The highest BCUT2D eigenvalue weighted by molar-refractivity contribution is 5.99. The third kappa shape index (κ3) is 4.55. The standard InChI is InChI=1S/C27H26N6/c1-19-9-8-14-22(17-19)24-23-25(28)33(18-21-12-6-3-7-13-21)32-26(23)31-27(30-24)29-16-15-20-10-4-2-5-11-20/h2-14,17H,15-16,18,28H2,1H3,(H,29,31,32). The number of nitrogen functional groups attached to an aromatic ring is 1. The number of aryl methyl sites for hydroxylation is 1. The Morgan fingerprint density at radius 3 is 2.30 bits per heavy atom. The van der Waals surface area contributed by atoms with E-state index in [1.165, 1.54) is 5.56 Å². The lowest BCUT2D eigenvalue weighted by Crippen LogP contribution is -2.08. The van der Waals surface area contributed by atoms with Gasteiger partial charge >= 0.3 is 0 Å². The van der Waals surface area contributed by atoms with Gasteiger partial charge in [-0.3, -0.25) is 0 Å². The molecule has 2 heterocycles. The Kier molecular flexibility index (Phi) is 5.72. The first-order valence-corrected chi connectivity index (χ1v) is 11.1. The second-order valence-corrected chi connectivity index (χ2v) is 8.15. The van der Waals surface area contributed by atoms with E-state index in [-0.39, 0.29) is 0 Å². The average molecular weight is 435 g/mol. The summed E-state index contributed by atoms with van der Waals surface area (Å²) in [5.41, 5.74) is 12.5. The van der Waals surface area contributed by atoms with Gasteiger partial charge in [0.15, 0.2) is 5.65 Å². The van der Waals surface area contributed by atoms with E-state index >= 15 is 0 Å². The number of hydrogen-bond acceptors (Lipinski definition) is 5. The smallest absolute Gasteiger partial charge is 0.225 e. The molecule has 6 heteroatoms. The van der Waals surface area contributed by atoms with E-state index < -0.39 is 0 Å². The highest BCUT2D eigenvalue weighted by Gasteiger charge is 2.18. The number of benzene rings is 3. The monoisotopic (exact) mass is 434 g/mol. The van der Waals surface area contributed by atoms with Gasteiger partial charge in [-0.15, -0.1) is 5.10 Å². The van der Waals surface area contributed by atoms with Crippen LogP contribution < -0.4 is 11.1 Å². The highest BCUT2D eigenvalue weighted by atomic mass is 15.3. The van der Waals surface area contributed by atoms with Gasteiger partial charge < -0.3 is 11.1 Å². The molecule has 33 heavy (non-hydrogen) atoms. The quantitative estimate of drug-likeness (QED) is 0.373. The summed E-state index contributed by atoms with van der Waals surface area (Å²) < 4.78 is 1.81. The first-order chi connectivity index (χ1) is 16.2. The number of aromatic nitrogens is 4. The van der Waals surface area contributed by atoms with Crippen molar-refractivity contribution >= 4 is 22.8 Å². The van der Waals surface area contributed by atoms with Crippen molar-refractivity contribution in [1.82, 2.24) is 19.7 Å². The lowest BCUT2D eigenvalue weighted by molar-refractivity contribution is 0.703. The predicted octanol–water partition coefficient (Wildman–Crippen LogP) is 5.09. The van der Waals surface area contributed by atoms with E-state index in [0.717, 1.165) is 40.7 Å².